The molecule has 2 aromatic rings. The summed E-state index contributed by atoms with van der Waals surface area (Å²) < 4.78 is 28.1. The monoisotopic (exact) mass is 431 g/mol. The van der Waals surface area contributed by atoms with Gasteiger partial charge in [0.2, 0.25) is 0 Å². The summed E-state index contributed by atoms with van der Waals surface area (Å²) in [5.41, 5.74) is 6.92. The quantitative estimate of drug-likeness (QED) is 0.782. The average molecular weight is 432 g/mol. The molecule has 0 saturated heterocycles. The first kappa shape index (κ1) is 19.1. The molecule has 29 heavy (non-hydrogen) atoms. The van der Waals surface area contributed by atoms with Gasteiger partial charge in [0.05, 0.1) is 0 Å². The van der Waals surface area contributed by atoms with Gasteiger partial charge in [-0.1, -0.05) is 6.07 Å². The Morgan fingerprint density at radius 3 is 2.38 bits per heavy atom. The molecule has 0 fully saturated rings. The molecule has 6 nitrogen and oxygen atoms in total. The SMILES string of the molecule is CN1CCc2cc(S(=O)(=O)NC(=O)Nc3c4c(cc5c3CCC5)CCC4)sc2C1. The minimum absolute atomic E-state index is 0.219. The molecule has 0 atom stereocenters. The maximum atomic E-state index is 12.8. The third-order valence-corrected chi connectivity index (χ3v) is 9.22. The van der Waals surface area contributed by atoms with E-state index in [4.69, 9.17) is 0 Å². The van der Waals surface area contributed by atoms with Gasteiger partial charge in [0.25, 0.3) is 10.0 Å². The van der Waals surface area contributed by atoms with Gasteiger partial charge < -0.3 is 10.2 Å². The zero-order chi connectivity index (χ0) is 20.2. The zero-order valence-corrected chi connectivity index (χ0v) is 18.1. The van der Waals surface area contributed by atoms with Crippen LogP contribution in [-0.2, 0) is 48.7 Å². The number of nitrogens with zero attached hydrogens (tertiary/aromatic N) is 1. The number of likely N-dealkylation sites (N-methyl/N-ethyl adjacent to an activating group) is 1. The summed E-state index contributed by atoms with van der Waals surface area (Å²) in [6.45, 7) is 1.67. The molecule has 2 aliphatic carbocycles. The molecule has 0 spiro atoms. The number of hydrogen-bond acceptors (Lipinski definition) is 5. The van der Waals surface area contributed by atoms with E-state index in [2.05, 4.69) is 21.0 Å². The number of aryl methyl sites for hydroxylation is 2. The third-order valence-electron chi connectivity index (χ3n) is 6.25. The van der Waals surface area contributed by atoms with Gasteiger partial charge in [0.15, 0.2) is 0 Å². The molecule has 1 aromatic carbocycles. The lowest BCUT2D eigenvalue weighted by Gasteiger charge is -2.21. The molecule has 3 aliphatic rings. The number of hydrogen-bond donors (Lipinski definition) is 2. The number of carbonyl (C=O) groups is 1. The van der Waals surface area contributed by atoms with Crippen LogP contribution in [0.15, 0.2) is 16.3 Å². The molecule has 1 aliphatic heterocycles. The number of rotatable bonds is 3. The molecule has 154 valence electrons. The van der Waals surface area contributed by atoms with E-state index in [1.165, 1.54) is 33.6 Å². The van der Waals surface area contributed by atoms with E-state index >= 15 is 0 Å². The first-order valence-electron chi connectivity index (χ1n) is 10.2. The van der Waals surface area contributed by atoms with Crippen molar-refractivity contribution >= 4 is 33.1 Å². The van der Waals surface area contributed by atoms with E-state index < -0.39 is 16.1 Å². The number of nitrogens with one attached hydrogen (secondary N) is 2. The van der Waals surface area contributed by atoms with Gasteiger partial charge in [-0.3, -0.25) is 0 Å². The molecule has 2 N–H and O–H groups in total. The molecule has 1 aromatic heterocycles. The zero-order valence-electron chi connectivity index (χ0n) is 16.5. The van der Waals surface area contributed by atoms with E-state index in [9.17, 15) is 13.2 Å². The minimum atomic E-state index is -3.88. The molecular weight excluding hydrogens is 406 g/mol. The summed E-state index contributed by atoms with van der Waals surface area (Å²) in [7, 11) is -1.85. The Hall–Kier alpha value is -1.90. The lowest BCUT2D eigenvalue weighted by Crippen LogP contribution is -2.34. The summed E-state index contributed by atoms with van der Waals surface area (Å²) >= 11 is 1.26. The van der Waals surface area contributed by atoms with E-state index in [0.29, 0.717) is 0 Å². The molecule has 0 radical (unpaired) electrons. The van der Waals surface area contributed by atoms with Crippen LogP contribution in [0.1, 0.15) is 45.5 Å². The van der Waals surface area contributed by atoms with Crippen molar-refractivity contribution in [1.82, 2.24) is 9.62 Å². The normalized spacial score (nSPS) is 18.2. The van der Waals surface area contributed by atoms with E-state index in [0.717, 1.165) is 74.2 Å². The topological polar surface area (TPSA) is 78.5 Å². The predicted octanol–water partition coefficient (Wildman–Crippen LogP) is 3.22. The Kier molecular flexibility index (Phi) is 4.68. The smallest absolute Gasteiger partial charge is 0.307 e. The average Bonchev–Trinajstić information content (AvgIpc) is 3.39. The van der Waals surface area contributed by atoms with Crippen molar-refractivity contribution in [2.75, 3.05) is 18.9 Å². The maximum Gasteiger partial charge on any atom is 0.333 e. The van der Waals surface area contributed by atoms with Crippen LogP contribution in [0.3, 0.4) is 0 Å². The summed E-state index contributed by atoms with van der Waals surface area (Å²) in [6, 6.07) is 3.35. The van der Waals surface area contributed by atoms with Gasteiger partial charge in [0, 0.05) is 23.7 Å². The molecule has 5 rings (SSSR count). The van der Waals surface area contributed by atoms with Crippen LogP contribution in [0, 0.1) is 0 Å². The summed E-state index contributed by atoms with van der Waals surface area (Å²) in [5.74, 6) is 0. The van der Waals surface area contributed by atoms with Crippen LogP contribution in [0.4, 0.5) is 10.5 Å². The second-order valence-corrected chi connectivity index (χ2v) is 11.3. The molecule has 0 saturated carbocycles. The van der Waals surface area contributed by atoms with E-state index in [-0.39, 0.29) is 4.21 Å². The highest BCUT2D eigenvalue weighted by Gasteiger charge is 2.28. The molecule has 2 heterocycles. The number of amides is 2. The Balaban J connectivity index is 1.38. The van der Waals surface area contributed by atoms with Crippen LogP contribution in [0.25, 0.3) is 0 Å². The number of urea groups is 1. The van der Waals surface area contributed by atoms with Crippen molar-refractivity contribution in [3.63, 3.8) is 0 Å². The lowest BCUT2D eigenvalue weighted by molar-refractivity contribution is 0.256. The Morgan fingerprint density at radius 2 is 1.69 bits per heavy atom. The van der Waals surface area contributed by atoms with Crippen LogP contribution in [0.5, 0.6) is 0 Å². The summed E-state index contributed by atoms with van der Waals surface area (Å²) in [6.07, 6.45) is 6.96. The fourth-order valence-electron chi connectivity index (χ4n) is 4.83. The van der Waals surface area contributed by atoms with E-state index in [1.54, 1.807) is 6.07 Å². The Bertz CT molecular complexity index is 1070. The number of anilines is 1. The second-order valence-electron chi connectivity index (χ2n) is 8.30. The number of thiophene rings is 1. The van der Waals surface area contributed by atoms with Crippen LogP contribution >= 0.6 is 11.3 Å². The van der Waals surface area contributed by atoms with Crippen molar-refractivity contribution < 1.29 is 13.2 Å². The van der Waals surface area contributed by atoms with Gasteiger partial charge in [-0.25, -0.2) is 17.9 Å². The molecule has 0 unspecified atom stereocenters. The minimum Gasteiger partial charge on any atom is -0.307 e. The highest BCUT2D eigenvalue weighted by atomic mass is 32.2. The largest absolute Gasteiger partial charge is 0.333 e. The molecule has 8 heteroatoms. The lowest BCUT2D eigenvalue weighted by atomic mass is 9.99. The van der Waals surface area contributed by atoms with Crippen LogP contribution in [0.2, 0.25) is 0 Å². The Labute approximate surface area is 175 Å². The number of benzene rings is 1. The Morgan fingerprint density at radius 1 is 1.00 bits per heavy atom. The van der Waals surface area contributed by atoms with Gasteiger partial charge in [-0.2, -0.15) is 0 Å². The van der Waals surface area contributed by atoms with E-state index in [1.807, 2.05) is 7.05 Å². The fourth-order valence-corrected chi connectivity index (χ4v) is 7.41. The van der Waals surface area contributed by atoms with Gasteiger partial charge in [0.1, 0.15) is 4.21 Å². The van der Waals surface area contributed by atoms with Crippen molar-refractivity contribution in [2.24, 2.45) is 0 Å². The van der Waals surface area contributed by atoms with Gasteiger partial charge >= 0.3 is 6.03 Å². The summed E-state index contributed by atoms with van der Waals surface area (Å²) in [4.78, 5) is 15.9. The third kappa shape index (κ3) is 3.47. The predicted molar refractivity (Wildman–Crippen MR) is 114 cm³/mol. The summed E-state index contributed by atoms with van der Waals surface area (Å²) in [5, 5.41) is 2.90. The van der Waals surface area contributed by atoms with Gasteiger partial charge in [-0.15, -0.1) is 11.3 Å². The maximum absolute atomic E-state index is 12.8. The first-order chi connectivity index (χ1) is 13.9. The number of carbonyl (C=O) groups excluding carboxylic acids is 1. The number of sulfonamides is 1. The van der Waals surface area contributed by atoms with Crippen molar-refractivity contribution in [2.45, 2.75) is 55.7 Å². The highest BCUT2D eigenvalue weighted by Crippen LogP contribution is 2.38. The second kappa shape index (κ2) is 7.11. The van der Waals surface area contributed by atoms with Crippen molar-refractivity contribution in [3.05, 3.63) is 44.8 Å². The number of fused-ring (bicyclic) bond motifs is 3. The fraction of sp³-hybridized carbons (Fsp3) is 0.476. The molecular formula is C21H25N3O3S2. The standard InChI is InChI=1S/C21H25N3O3S2/c1-24-9-8-15-11-19(28-18(15)12-24)29(26,27)23-21(25)22-20-16-6-2-4-13(16)10-14-5-3-7-17(14)20/h10-11H,2-9,12H2,1H3,(H2,22,23,25). The first-order valence-corrected chi connectivity index (χ1v) is 12.5. The molecule has 0 bridgehead atoms. The van der Waals surface area contributed by atoms with Crippen LogP contribution < -0.4 is 10.0 Å². The van der Waals surface area contributed by atoms with Crippen LogP contribution in [-0.4, -0.2) is 32.9 Å². The van der Waals surface area contributed by atoms with Crippen molar-refractivity contribution in [1.29, 1.82) is 0 Å². The molecule has 2 amide bonds. The highest BCUT2D eigenvalue weighted by molar-refractivity contribution is 7.92. The van der Waals surface area contributed by atoms with Gasteiger partial charge in [-0.05, 0) is 85.9 Å². The van der Waals surface area contributed by atoms with Crippen molar-refractivity contribution in [3.8, 4) is 0 Å².